The van der Waals surface area contributed by atoms with Gasteiger partial charge in [-0.1, -0.05) is 72.8 Å². The van der Waals surface area contributed by atoms with Crippen molar-refractivity contribution in [1.29, 1.82) is 0 Å². The Morgan fingerprint density at radius 2 is 1.24 bits per heavy atom. The Hall–Kier alpha value is -3.72. The molecule has 1 aliphatic heterocycles. The van der Waals surface area contributed by atoms with E-state index in [0.717, 1.165) is 22.4 Å². The third-order valence-electron chi connectivity index (χ3n) is 5.57. The van der Waals surface area contributed by atoms with Crippen molar-refractivity contribution in [1.82, 2.24) is 0 Å². The fourth-order valence-corrected chi connectivity index (χ4v) is 4.16. The Labute approximate surface area is 169 Å². The zero-order chi connectivity index (χ0) is 20.0. The topological polar surface area (TPSA) is 37.4 Å². The molecule has 3 aromatic rings. The summed E-state index contributed by atoms with van der Waals surface area (Å²) in [7, 11) is 0. The van der Waals surface area contributed by atoms with Gasteiger partial charge in [-0.2, -0.15) is 0 Å². The van der Waals surface area contributed by atoms with E-state index in [1.165, 1.54) is 0 Å². The molecular weight excluding hydrogens is 358 g/mol. The largest absolute Gasteiger partial charge is 0.336 e. The number of allylic oxidation sites excluding steroid dienone is 3. The van der Waals surface area contributed by atoms with Gasteiger partial charge in [0.1, 0.15) is 0 Å². The number of Topliss-reactive ketones (excluding diaryl/α,β-unsaturated/α-hetero) is 2. The molecule has 0 amide bonds. The summed E-state index contributed by atoms with van der Waals surface area (Å²) < 4.78 is 0. The van der Waals surface area contributed by atoms with Gasteiger partial charge in [0.2, 0.25) is 0 Å². The molecule has 0 spiro atoms. The molecule has 29 heavy (non-hydrogen) atoms. The minimum atomic E-state index is -0.193. The van der Waals surface area contributed by atoms with Crippen molar-refractivity contribution < 1.29 is 9.59 Å². The van der Waals surface area contributed by atoms with E-state index < -0.39 is 0 Å². The number of para-hydroxylation sites is 1. The van der Waals surface area contributed by atoms with Gasteiger partial charge in [-0.05, 0) is 30.2 Å². The first-order valence-electron chi connectivity index (χ1n) is 9.67. The standard InChI is InChI=1S/C26H19NO2/c1-17-15-23(24-25(28)20-12-5-6-13-21(20)26(24)29)27(16-18-9-3-2-4-10-18)22-14-8-7-11-19(17)22/h2-15H,16H2,1H3. The minimum Gasteiger partial charge on any atom is -0.336 e. The molecule has 3 nitrogen and oxygen atoms in total. The maximum atomic E-state index is 13.2. The monoisotopic (exact) mass is 377 g/mol. The van der Waals surface area contributed by atoms with Crippen LogP contribution in [0.15, 0.2) is 96.2 Å². The van der Waals surface area contributed by atoms with Crippen LogP contribution in [0, 0.1) is 0 Å². The van der Waals surface area contributed by atoms with E-state index in [9.17, 15) is 9.59 Å². The van der Waals surface area contributed by atoms with Crippen molar-refractivity contribution in [2.24, 2.45) is 0 Å². The minimum absolute atomic E-state index is 0.193. The van der Waals surface area contributed by atoms with Crippen LogP contribution in [0.25, 0.3) is 5.57 Å². The lowest BCUT2D eigenvalue weighted by molar-refractivity contribution is 0.0987. The maximum absolute atomic E-state index is 13.2. The Balaban J connectivity index is 1.73. The Morgan fingerprint density at radius 1 is 0.690 bits per heavy atom. The molecule has 0 aromatic heterocycles. The zero-order valence-electron chi connectivity index (χ0n) is 16.1. The first-order valence-corrected chi connectivity index (χ1v) is 9.67. The number of carbonyl (C=O) groups excluding carboxylic acids is 2. The van der Waals surface area contributed by atoms with Crippen LogP contribution >= 0.6 is 0 Å². The van der Waals surface area contributed by atoms with Gasteiger partial charge in [-0.25, -0.2) is 0 Å². The molecule has 1 aliphatic carbocycles. The molecule has 140 valence electrons. The van der Waals surface area contributed by atoms with E-state index in [-0.39, 0.29) is 17.1 Å². The van der Waals surface area contributed by atoms with Crippen LogP contribution in [-0.2, 0) is 6.54 Å². The van der Waals surface area contributed by atoms with E-state index >= 15 is 0 Å². The summed E-state index contributed by atoms with van der Waals surface area (Å²) in [5, 5.41) is 0. The van der Waals surface area contributed by atoms with Crippen LogP contribution in [0.1, 0.15) is 38.8 Å². The first-order chi connectivity index (χ1) is 14.1. The van der Waals surface area contributed by atoms with Crippen LogP contribution in [-0.4, -0.2) is 11.6 Å². The average Bonchev–Trinajstić information content (AvgIpc) is 3.01. The van der Waals surface area contributed by atoms with Crippen molar-refractivity contribution in [2.45, 2.75) is 13.5 Å². The number of ketones is 2. The van der Waals surface area contributed by atoms with E-state index in [1.807, 2.05) is 49.4 Å². The Bertz CT molecular complexity index is 1180. The second-order valence-electron chi connectivity index (χ2n) is 7.38. The molecule has 0 atom stereocenters. The summed E-state index contributed by atoms with van der Waals surface area (Å²) >= 11 is 0. The molecule has 0 saturated heterocycles. The Morgan fingerprint density at radius 3 is 1.90 bits per heavy atom. The summed E-state index contributed by atoms with van der Waals surface area (Å²) in [6.45, 7) is 2.60. The number of hydrogen-bond donors (Lipinski definition) is 0. The molecule has 2 aliphatic rings. The van der Waals surface area contributed by atoms with E-state index in [4.69, 9.17) is 0 Å². The molecule has 3 aromatic carbocycles. The fourth-order valence-electron chi connectivity index (χ4n) is 4.16. The van der Waals surface area contributed by atoms with Crippen molar-refractivity contribution in [3.8, 4) is 0 Å². The quantitative estimate of drug-likeness (QED) is 0.441. The van der Waals surface area contributed by atoms with Gasteiger partial charge in [0.05, 0.1) is 11.3 Å². The molecule has 0 N–H and O–H groups in total. The molecule has 5 rings (SSSR count). The number of nitrogens with zero attached hydrogens (tertiary/aromatic N) is 1. The molecular formula is C26H19NO2. The van der Waals surface area contributed by atoms with E-state index in [2.05, 4.69) is 23.1 Å². The maximum Gasteiger partial charge on any atom is 0.199 e. The average molecular weight is 377 g/mol. The summed E-state index contributed by atoms with van der Waals surface area (Å²) in [6.07, 6.45) is 1.97. The predicted molar refractivity (Wildman–Crippen MR) is 115 cm³/mol. The van der Waals surface area contributed by atoms with Crippen LogP contribution < -0.4 is 4.90 Å². The second kappa shape index (κ2) is 6.71. The van der Waals surface area contributed by atoms with Gasteiger partial charge in [-0.3, -0.25) is 9.59 Å². The van der Waals surface area contributed by atoms with Crippen molar-refractivity contribution in [3.63, 3.8) is 0 Å². The molecule has 0 bridgehead atoms. The number of benzene rings is 3. The number of hydrogen-bond acceptors (Lipinski definition) is 3. The van der Waals surface area contributed by atoms with Gasteiger partial charge in [-0.15, -0.1) is 0 Å². The molecule has 0 saturated carbocycles. The number of carbonyl (C=O) groups is 2. The lowest BCUT2D eigenvalue weighted by atomic mass is 9.94. The van der Waals surface area contributed by atoms with E-state index in [1.54, 1.807) is 24.3 Å². The number of anilines is 1. The highest BCUT2D eigenvalue weighted by Crippen LogP contribution is 2.40. The third kappa shape index (κ3) is 2.74. The van der Waals surface area contributed by atoms with Crippen LogP contribution in [0.4, 0.5) is 5.69 Å². The number of fused-ring (bicyclic) bond motifs is 2. The summed E-state index contributed by atoms with van der Waals surface area (Å²) in [4.78, 5) is 28.5. The van der Waals surface area contributed by atoms with Gasteiger partial charge in [0.25, 0.3) is 0 Å². The highest BCUT2D eigenvalue weighted by molar-refractivity contribution is 6.40. The lowest BCUT2D eigenvalue weighted by Crippen LogP contribution is -2.28. The van der Waals surface area contributed by atoms with Crippen LogP contribution in [0.2, 0.25) is 0 Å². The van der Waals surface area contributed by atoms with Gasteiger partial charge in [0.15, 0.2) is 11.6 Å². The smallest absolute Gasteiger partial charge is 0.199 e. The van der Waals surface area contributed by atoms with E-state index in [0.29, 0.717) is 23.4 Å². The SMILES string of the molecule is CC1=CC(=C2C(=O)c3ccccc3C2=O)N(Cc2ccccc2)c2ccccc21. The van der Waals surface area contributed by atoms with Crippen molar-refractivity contribution in [2.75, 3.05) is 4.90 Å². The van der Waals surface area contributed by atoms with Crippen LogP contribution in [0.5, 0.6) is 0 Å². The van der Waals surface area contributed by atoms with Crippen molar-refractivity contribution in [3.05, 3.63) is 118 Å². The molecule has 0 fully saturated rings. The lowest BCUT2D eigenvalue weighted by Gasteiger charge is -2.33. The number of rotatable bonds is 2. The predicted octanol–water partition coefficient (Wildman–Crippen LogP) is 5.44. The summed E-state index contributed by atoms with van der Waals surface area (Å²) in [6, 6.07) is 25.3. The van der Waals surface area contributed by atoms with Gasteiger partial charge < -0.3 is 4.90 Å². The first kappa shape index (κ1) is 17.4. The summed E-state index contributed by atoms with van der Waals surface area (Å²) in [5.74, 6) is -0.385. The van der Waals surface area contributed by atoms with Crippen molar-refractivity contribution >= 4 is 22.8 Å². The highest BCUT2D eigenvalue weighted by atomic mass is 16.2. The summed E-state index contributed by atoms with van der Waals surface area (Å²) in [5.41, 5.74) is 6.20. The molecule has 1 heterocycles. The molecule has 0 unspecified atom stereocenters. The van der Waals surface area contributed by atoms with Crippen LogP contribution in [0.3, 0.4) is 0 Å². The third-order valence-corrected chi connectivity index (χ3v) is 5.57. The normalized spacial score (nSPS) is 15.3. The van der Waals surface area contributed by atoms with Gasteiger partial charge >= 0.3 is 0 Å². The molecule has 0 radical (unpaired) electrons. The second-order valence-corrected chi connectivity index (χ2v) is 7.38. The highest BCUT2D eigenvalue weighted by Gasteiger charge is 2.37. The van der Waals surface area contributed by atoms with Gasteiger partial charge in [0, 0.05) is 28.9 Å². The zero-order valence-corrected chi connectivity index (χ0v) is 16.1. The molecule has 3 heteroatoms. The Kier molecular flexibility index (Phi) is 4.02. The fraction of sp³-hybridized carbons (Fsp3) is 0.0769.